The summed E-state index contributed by atoms with van der Waals surface area (Å²) in [7, 11) is 1.43. The molecule has 1 aromatic heterocycles. The molecule has 0 radical (unpaired) electrons. The molecule has 6 heteroatoms. The van der Waals surface area contributed by atoms with Gasteiger partial charge in [0.1, 0.15) is 0 Å². The summed E-state index contributed by atoms with van der Waals surface area (Å²) in [6.07, 6.45) is 1.56. The summed E-state index contributed by atoms with van der Waals surface area (Å²) in [5.41, 5.74) is -0.105. The summed E-state index contributed by atoms with van der Waals surface area (Å²) in [5, 5.41) is 10.3. The molecule has 5 nitrogen and oxygen atoms in total. The number of hydrogen-bond donors (Lipinski definition) is 0. The maximum absolute atomic E-state index is 10.3. The van der Waals surface area contributed by atoms with Crippen molar-refractivity contribution in [3.8, 4) is 0 Å². The molecule has 1 rings (SSSR count). The number of imidazole rings is 1. The minimum Gasteiger partial charge on any atom is -0.543 e. The molecule has 0 N–H and O–H groups in total. The van der Waals surface area contributed by atoms with Crippen LogP contribution in [0.1, 0.15) is 21.1 Å². The Bertz CT molecular complexity index is 308. The van der Waals surface area contributed by atoms with E-state index in [4.69, 9.17) is 0 Å². The summed E-state index contributed by atoms with van der Waals surface area (Å²) in [6.45, 7) is 0. The molecule has 1 heterocycles. The second-order valence-electron chi connectivity index (χ2n) is 1.97. The maximum Gasteiger partial charge on any atom is 1.00 e. The summed E-state index contributed by atoms with van der Waals surface area (Å²) < 4.78 is 1.16. The first-order chi connectivity index (χ1) is 5.16. The number of carbonyl (C=O) groups excluding carboxylic acids is 2. The fourth-order valence-corrected chi connectivity index (χ4v) is 0.723. The molecule has 0 spiro atoms. The zero-order valence-corrected chi connectivity index (χ0v) is 8.77. The normalized spacial score (nSPS) is 8.75. The van der Waals surface area contributed by atoms with E-state index in [1.807, 2.05) is 0 Å². The largest absolute Gasteiger partial charge is 1.00 e. The quantitative estimate of drug-likeness (QED) is 0.337. The van der Waals surface area contributed by atoms with Gasteiger partial charge in [0.25, 0.3) is 0 Å². The molecule has 0 fully saturated rings. The average Bonchev–Trinajstić information content (AvgIpc) is 2.30. The first kappa shape index (κ1) is 11.4. The van der Waals surface area contributed by atoms with Crippen molar-refractivity contribution < 1.29 is 44.3 Å². The molecular weight excluding hydrogens is 171 g/mol. The fourth-order valence-electron chi connectivity index (χ4n) is 0.723. The molecule has 0 atom stereocenters. The number of carbonyl (C=O) groups is 2. The van der Waals surface area contributed by atoms with Crippen LogP contribution in [0.2, 0.25) is 0 Å². The van der Waals surface area contributed by atoms with Crippen LogP contribution in [-0.4, -0.2) is 21.8 Å². The van der Waals surface area contributed by atoms with Gasteiger partial charge in [0.15, 0.2) is 12.1 Å². The van der Waals surface area contributed by atoms with Crippen molar-refractivity contribution in [1.29, 1.82) is 0 Å². The SMILES string of the molecule is Cn1c(C(=O)[O-])cnc1C=O.[Na+]. The summed E-state index contributed by atoms with van der Waals surface area (Å²) in [4.78, 5) is 24.0. The van der Waals surface area contributed by atoms with Gasteiger partial charge in [0, 0.05) is 7.05 Å². The Morgan fingerprint density at radius 1 is 1.75 bits per heavy atom. The zero-order valence-electron chi connectivity index (χ0n) is 6.77. The van der Waals surface area contributed by atoms with E-state index < -0.39 is 5.97 Å². The third-order valence-corrected chi connectivity index (χ3v) is 1.34. The van der Waals surface area contributed by atoms with Crippen molar-refractivity contribution in [1.82, 2.24) is 9.55 Å². The van der Waals surface area contributed by atoms with Crippen molar-refractivity contribution in [2.24, 2.45) is 7.05 Å². The first-order valence-corrected chi connectivity index (χ1v) is 2.85. The average molecular weight is 176 g/mol. The predicted octanol–water partition coefficient (Wildman–Crippen LogP) is -4.40. The summed E-state index contributed by atoms with van der Waals surface area (Å²) >= 11 is 0. The van der Waals surface area contributed by atoms with E-state index in [1.165, 1.54) is 7.05 Å². The van der Waals surface area contributed by atoms with Crippen LogP contribution in [0.4, 0.5) is 0 Å². The Balaban J connectivity index is 0.00000121. The molecule has 0 saturated heterocycles. The van der Waals surface area contributed by atoms with Crippen molar-refractivity contribution in [3.63, 3.8) is 0 Å². The number of rotatable bonds is 2. The van der Waals surface area contributed by atoms with Gasteiger partial charge < -0.3 is 14.5 Å². The molecule has 0 aliphatic heterocycles. The Labute approximate surface area is 90.7 Å². The molecule has 0 amide bonds. The third-order valence-electron chi connectivity index (χ3n) is 1.34. The molecule has 0 bridgehead atoms. The molecule has 0 saturated carbocycles. The maximum atomic E-state index is 10.3. The summed E-state index contributed by atoms with van der Waals surface area (Å²) in [5.74, 6) is -1.27. The molecule has 0 aliphatic carbocycles. The number of aromatic carboxylic acids is 1. The van der Waals surface area contributed by atoms with Gasteiger partial charge in [0.2, 0.25) is 0 Å². The van der Waals surface area contributed by atoms with Crippen molar-refractivity contribution in [2.45, 2.75) is 0 Å². The van der Waals surface area contributed by atoms with Crippen LogP contribution in [0, 0.1) is 0 Å². The molecule has 0 unspecified atom stereocenters. The van der Waals surface area contributed by atoms with Crippen LogP contribution in [0.5, 0.6) is 0 Å². The monoisotopic (exact) mass is 176 g/mol. The van der Waals surface area contributed by atoms with E-state index in [9.17, 15) is 14.7 Å². The van der Waals surface area contributed by atoms with Crippen LogP contribution in [0.3, 0.4) is 0 Å². The number of carboxylic acid groups (broad SMARTS) is 1. The van der Waals surface area contributed by atoms with Gasteiger partial charge in [-0.1, -0.05) is 0 Å². The van der Waals surface area contributed by atoms with Gasteiger partial charge in [-0.25, -0.2) is 4.98 Å². The molecule has 0 aromatic carbocycles. The standard InChI is InChI=1S/C6H6N2O3.Na/c1-8-4(6(10)11)2-7-5(8)3-9;/h2-3H,1H3,(H,10,11);/q;+1/p-1. The van der Waals surface area contributed by atoms with E-state index in [1.54, 1.807) is 0 Å². The second kappa shape index (κ2) is 4.39. The van der Waals surface area contributed by atoms with E-state index >= 15 is 0 Å². The Morgan fingerprint density at radius 2 is 2.33 bits per heavy atom. The smallest absolute Gasteiger partial charge is 0.543 e. The topological polar surface area (TPSA) is 75.0 Å². The second-order valence-corrected chi connectivity index (χ2v) is 1.97. The number of aromatic nitrogens is 2. The van der Waals surface area contributed by atoms with Crippen molar-refractivity contribution >= 4 is 12.3 Å². The van der Waals surface area contributed by atoms with Crippen LogP contribution in [0.25, 0.3) is 0 Å². The Hall–Kier alpha value is -0.650. The number of aldehydes is 1. The molecule has 12 heavy (non-hydrogen) atoms. The number of nitrogens with zero attached hydrogens (tertiary/aromatic N) is 2. The van der Waals surface area contributed by atoms with E-state index in [-0.39, 0.29) is 41.1 Å². The third kappa shape index (κ3) is 1.94. The van der Waals surface area contributed by atoms with Crippen LogP contribution in [0.15, 0.2) is 6.20 Å². The first-order valence-electron chi connectivity index (χ1n) is 2.85. The minimum absolute atomic E-state index is 0. The van der Waals surface area contributed by atoms with Gasteiger partial charge in [-0.15, -0.1) is 0 Å². The molecule has 58 valence electrons. The Morgan fingerprint density at radius 3 is 2.58 bits per heavy atom. The van der Waals surface area contributed by atoms with E-state index in [0.717, 1.165) is 10.8 Å². The van der Waals surface area contributed by atoms with Gasteiger partial charge in [-0.2, -0.15) is 0 Å². The van der Waals surface area contributed by atoms with E-state index in [0.29, 0.717) is 6.29 Å². The van der Waals surface area contributed by atoms with Gasteiger partial charge in [-0.05, 0) is 0 Å². The van der Waals surface area contributed by atoms with Crippen molar-refractivity contribution in [3.05, 3.63) is 17.7 Å². The summed E-state index contributed by atoms with van der Waals surface area (Å²) in [6, 6.07) is 0. The Kier molecular flexibility index (Phi) is 4.16. The number of carboxylic acids is 1. The minimum atomic E-state index is -1.34. The number of hydrogen-bond acceptors (Lipinski definition) is 4. The molecular formula is C6H5N2NaO3. The van der Waals surface area contributed by atoms with Crippen LogP contribution in [-0.2, 0) is 7.05 Å². The van der Waals surface area contributed by atoms with Crippen LogP contribution < -0.4 is 34.7 Å². The van der Waals surface area contributed by atoms with Gasteiger partial charge >= 0.3 is 29.6 Å². The zero-order chi connectivity index (χ0) is 8.43. The predicted molar refractivity (Wildman–Crippen MR) is 32.9 cm³/mol. The van der Waals surface area contributed by atoms with Crippen LogP contribution >= 0.6 is 0 Å². The molecule has 1 aromatic rings. The van der Waals surface area contributed by atoms with Crippen molar-refractivity contribution in [2.75, 3.05) is 0 Å². The fraction of sp³-hybridized carbons (Fsp3) is 0.167. The molecule has 0 aliphatic rings. The van der Waals surface area contributed by atoms with Gasteiger partial charge in [0.05, 0.1) is 17.9 Å². The van der Waals surface area contributed by atoms with E-state index in [2.05, 4.69) is 4.98 Å². The van der Waals surface area contributed by atoms with Gasteiger partial charge in [-0.3, -0.25) is 4.79 Å².